The summed E-state index contributed by atoms with van der Waals surface area (Å²) < 4.78 is 42.1. The second-order valence-electron chi connectivity index (χ2n) is 7.60. The Balaban J connectivity index is 1.56. The van der Waals surface area contributed by atoms with Crippen LogP contribution in [0.15, 0.2) is 18.2 Å². The number of H-pyrrole nitrogens is 1. The van der Waals surface area contributed by atoms with Gasteiger partial charge in [-0.15, -0.1) is 0 Å². The average molecular weight is 449 g/mol. The molecule has 4 rings (SSSR count). The highest BCUT2D eigenvalue weighted by Crippen LogP contribution is 2.35. The van der Waals surface area contributed by atoms with Gasteiger partial charge >= 0.3 is 6.09 Å². The topological polar surface area (TPSA) is 138 Å². The van der Waals surface area contributed by atoms with Gasteiger partial charge in [-0.05, 0) is 38.1 Å². The van der Waals surface area contributed by atoms with Crippen molar-refractivity contribution in [2.24, 2.45) is 0 Å². The van der Waals surface area contributed by atoms with Crippen molar-refractivity contribution in [2.45, 2.75) is 26.0 Å². The number of anilines is 1. The van der Waals surface area contributed by atoms with E-state index in [4.69, 9.17) is 4.74 Å². The van der Waals surface area contributed by atoms with Crippen LogP contribution in [0.4, 0.5) is 14.9 Å². The van der Waals surface area contributed by atoms with E-state index in [2.05, 4.69) is 15.6 Å². The Morgan fingerprint density at radius 1 is 1.32 bits per heavy atom. The summed E-state index contributed by atoms with van der Waals surface area (Å²) in [7, 11) is -3.42. The van der Waals surface area contributed by atoms with Crippen LogP contribution in [0, 0.1) is 19.7 Å². The van der Waals surface area contributed by atoms with Gasteiger partial charge in [0.2, 0.25) is 0 Å². The van der Waals surface area contributed by atoms with E-state index in [1.54, 1.807) is 19.9 Å². The molecule has 2 aromatic rings. The summed E-state index contributed by atoms with van der Waals surface area (Å²) in [6, 6.07) is 3.04. The lowest BCUT2D eigenvalue weighted by molar-refractivity contribution is -0.110. The number of hydrogen-bond acceptors (Lipinski definition) is 6. The van der Waals surface area contributed by atoms with Gasteiger partial charge in [0.05, 0.1) is 34.9 Å². The first-order chi connectivity index (χ1) is 14.5. The molecule has 2 amide bonds. The molecule has 0 saturated carbocycles. The van der Waals surface area contributed by atoms with Crippen LogP contribution in [0.2, 0.25) is 0 Å². The van der Waals surface area contributed by atoms with E-state index in [0.29, 0.717) is 28.2 Å². The number of amides is 2. The number of aliphatic hydroxyl groups excluding tert-OH is 1. The molecule has 164 valence electrons. The monoisotopic (exact) mass is 449 g/mol. The van der Waals surface area contributed by atoms with Gasteiger partial charge in [0.25, 0.3) is 5.91 Å². The minimum Gasteiger partial charge on any atom is -0.408 e. The van der Waals surface area contributed by atoms with Gasteiger partial charge in [-0.2, -0.15) is 0 Å². The largest absolute Gasteiger partial charge is 0.413 e. The standard InChI is InChI=1S/C20H20FN3O6S/c1-9-15(6-13-12-5-11(21)3-4-14(12)23-19(13)26)22-10(2)18(9)30-20(27)24-16-7-31(28,29)8-17(16)25/h3-6,16-17,22,25H,7-8H2,1-2H3,(H,23,26)(H,24,27)/b13-6-. The van der Waals surface area contributed by atoms with Gasteiger partial charge in [0, 0.05) is 22.5 Å². The number of aromatic amines is 1. The van der Waals surface area contributed by atoms with Crippen LogP contribution in [0.1, 0.15) is 22.5 Å². The van der Waals surface area contributed by atoms with E-state index in [1.807, 2.05) is 0 Å². The van der Waals surface area contributed by atoms with E-state index in [1.165, 1.54) is 18.2 Å². The van der Waals surface area contributed by atoms with Gasteiger partial charge in [0.1, 0.15) is 5.82 Å². The zero-order chi connectivity index (χ0) is 22.5. The van der Waals surface area contributed by atoms with E-state index in [9.17, 15) is 27.5 Å². The predicted molar refractivity (Wildman–Crippen MR) is 111 cm³/mol. The Labute approximate surface area is 177 Å². The van der Waals surface area contributed by atoms with Crippen LogP contribution in [0.3, 0.4) is 0 Å². The molecule has 2 aliphatic rings. The Hall–Kier alpha value is -3.18. The molecule has 1 aromatic carbocycles. The maximum Gasteiger partial charge on any atom is 0.413 e. The van der Waals surface area contributed by atoms with Gasteiger partial charge in [-0.3, -0.25) is 4.79 Å². The molecular formula is C20H20FN3O6S. The summed E-state index contributed by atoms with van der Waals surface area (Å²) in [5, 5.41) is 14.8. The number of carbonyl (C=O) groups is 2. The van der Waals surface area contributed by atoms with Crippen molar-refractivity contribution in [3.63, 3.8) is 0 Å². The fraction of sp³-hybridized carbons (Fsp3) is 0.300. The first-order valence-electron chi connectivity index (χ1n) is 9.43. The summed E-state index contributed by atoms with van der Waals surface area (Å²) >= 11 is 0. The lowest BCUT2D eigenvalue weighted by Crippen LogP contribution is -2.44. The molecular weight excluding hydrogens is 429 g/mol. The Bertz CT molecular complexity index is 1230. The fourth-order valence-corrected chi connectivity index (χ4v) is 5.48. The van der Waals surface area contributed by atoms with E-state index < -0.39 is 39.6 Å². The summed E-state index contributed by atoms with van der Waals surface area (Å²) in [4.78, 5) is 27.6. The quantitative estimate of drug-likeness (QED) is 0.524. The number of sulfone groups is 1. The number of aromatic nitrogens is 1. The van der Waals surface area contributed by atoms with Crippen molar-refractivity contribution in [1.82, 2.24) is 10.3 Å². The Kier molecular flexibility index (Phi) is 5.10. The zero-order valence-corrected chi connectivity index (χ0v) is 17.5. The van der Waals surface area contributed by atoms with Crippen molar-refractivity contribution in [2.75, 3.05) is 16.8 Å². The highest BCUT2D eigenvalue weighted by atomic mass is 32.2. The van der Waals surface area contributed by atoms with Crippen LogP contribution in [0.5, 0.6) is 5.75 Å². The van der Waals surface area contributed by atoms with Gasteiger partial charge in [-0.1, -0.05) is 0 Å². The van der Waals surface area contributed by atoms with Crippen molar-refractivity contribution >= 4 is 39.2 Å². The highest BCUT2D eigenvalue weighted by molar-refractivity contribution is 7.91. The molecule has 2 atom stereocenters. The minimum absolute atomic E-state index is 0.206. The number of aryl methyl sites for hydroxylation is 1. The lowest BCUT2D eigenvalue weighted by Gasteiger charge is -2.14. The number of benzene rings is 1. The van der Waals surface area contributed by atoms with E-state index in [-0.39, 0.29) is 23.0 Å². The molecule has 0 bridgehead atoms. The van der Waals surface area contributed by atoms with Crippen molar-refractivity contribution in [1.29, 1.82) is 0 Å². The minimum atomic E-state index is -3.42. The summed E-state index contributed by atoms with van der Waals surface area (Å²) in [6.07, 6.45) is -0.565. The summed E-state index contributed by atoms with van der Waals surface area (Å²) in [5.74, 6) is -1.43. The SMILES string of the molecule is Cc1[nH]c(/C=C2\C(=O)Nc3ccc(F)cc32)c(C)c1OC(=O)NC1CS(=O)(=O)CC1O. The molecule has 9 nitrogen and oxygen atoms in total. The van der Waals surface area contributed by atoms with Crippen LogP contribution in [-0.4, -0.2) is 54.2 Å². The molecule has 1 fully saturated rings. The molecule has 31 heavy (non-hydrogen) atoms. The molecule has 0 aliphatic carbocycles. The van der Waals surface area contributed by atoms with Crippen LogP contribution in [0.25, 0.3) is 11.6 Å². The van der Waals surface area contributed by atoms with Gasteiger partial charge in [-0.25, -0.2) is 17.6 Å². The number of hydrogen-bond donors (Lipinski definition) is 4. The normalized spacial score (nSPS) is 23.0. The third-order valence-electron chi connectivity index (χ3n) is 5.28. The van der Waals surface area contributed by atoms with E-state index in [0.717, 1.165) is 0 Å². The van der Waals surface area contributed by atoms with Crippen LogP contribution < -0.4 is 15.4 Å². The van der Waals surface area contributed by atoms with Crippen LogP contribution >= 0.6 is 0 Å². The average Bonchev–Trinajstić information content (AvgIpc) is 3.21. The Morgan fingerprint density at radius 2 is 2.06 bits per heavy atom. The molecule has 2 unspecified atom stereocenters. The maximum atomic E-state index is 13.6. The zero-order valence-electron chi connectivity index (χ0n) is 16.7. The molecule has 11 heteroatoms. The number of carbonyl (C=O) groups excluding carboxylic acids is 2. The summed E-state index contributed by atoms with van der Waals surface area (Å²) in [5.41, 5.74) is 2.70. The number of halogens is 1. The Morgan fingerprint density at radius 3 is 2.74 bits per heavy atom. The number of ether oxygens (including phenoxy) is 1. The predicted octanol–water partition coefficient (Wildman–Crippen LogP) is 1.51. The molecule has 0 radical (unpaired) electrons. The van der Waals surface area contributed by atoms with Crippen molar-refractivity contribution in [3.8, 4) is 5.75 Å². The van der Waals surface area contributed by atoms with Gasteiger partial charge in [0.15, 0.2) is 15.6 Å². The molecule has 2 aliphatic heterocycles. The summed E-state index contributed by atoms with van der Waals surface area (Å²) in [6.45, 7) is 3.33. The molecule has 0 spiro atoms. The molecule has 4 N–H and O–H groups in total. The van der Waals surface area contributed by atoms with Gasteiger partial charge < -0.3 is 25.5 Å². The highest BCUT2D eigenvalue weighted by Gasteiger charge is 2.38. The first kappa shape index (κ1) is 21.1. The third kappa shape index (κ3) is 4.06. The molecule has 1 aromatic heterocycles. The van der Waals surface area contributed by atoms with Crippen molar-refractivity contribution in [3.05, 3.63) is 46.5 Å². The first-order valence-corrected chi connectivity index (χ1v) is 11.2. The lowest BCUT2D eigenvalue weighted by atomic mass is 10.0. The number of nitrogens with one attached hydrogen (secondary N) is 3. The molecule has 1 saturated heterocycles. The number of fused-ring (bicyclic) bond motifs is 1. The van der Waals surface area contributed by atoms with E-state index >= 15 is 0 Å². The smallest absolute Gasteiger partial charge is 0.408 e. The van der Waals surface area contributed by atoms with Crippen molar-refractivity contribution < 1.29 is 32.2 Å². The maximum absolute atomic E-state index is 13.6. The molecule has 3 heterocycles. The third-order valence-corrected chi connectivity index (χ3v) is 7.00. The second-order valence-corrected chi connectivity index (χ2v) is 9.76. The number of aliphatic hydroxyl groups is 1. The van der Waals surface area contributed by atoms with Crippen LogP contribution in [-0.2, 0) is 14.6 Å². The fourth-order valence-electron chi connectivity index (χ4n) is 3.74. The number of rotatable bonds is 3. The second kappa shape index (κ2) is 7.50.